The molecular weight excluding hydrogens is 526 g/mol. The summed E-state index contributed by atoms with van der Waals surface area (Å²) in [6.07, 6.45) is 3.38. The first kappa shape index (κ1) is 24.2. The smallest absolute Gasteiger partial charge is 0.313 e. The largest absolute Gasteiger partial charge is 0.543 e. The number of nitrogen functional groups attached to an aromatic ring is 2. The molecule has 6 N–H and O–H groups in total. The zero-order chi connectivity index (χ0) is 26.3. The predicted octanol–water partition coefficient (Wildman–Crippen LogP) is -2.07. The lowest BCUT2D eigenvalue weighted by atomic mass is 10.0. The van der Waals surface area contributed by atoms with Gasteiger partial charge in [0.1, 0.15) is 17.1 Å². The molecule has 0 unspecified atom stereocenters. The first-order valence-electron chi connectivity index (χ1n) is 10.5. The van der Waals surface area contributed by atoms with Gasteiger partial charge in [-0.2, -0.15) is 0 Å². The van der Waals surface area contributed by atoms with E-state index >= 15 is 0 Å². The Labute approximate surface area is 215 Å². The summed E-state index contributed by atoms with van der Waals surface area (Å²) in [5, 5.41) is 35.1. The number of carboxylic acids is 1. The third kappa shape index (κ3) is 4.45. The summed E-state index contributed by atoms with van der Waals surface area (Å²) < 4.78 is 6.90. The molecule has 0 bridgehead atoms. The molecule has 0 aromatic carbocycles. The highest BCUT2D eigenvalue weighted by atomic mass is 32.2. The molecule has 5 heterocycles. The standard InChI is InChI=1S/C20H17N9O6S2/c21-19-26-25-15(35-19)8-1-3-28(4-2-8)5-9-6-36-17-12(16(31)29(17)13(9)18(32)33)24-14(30)11(27-34)10-7-37-20(22)23-10/h1-4,7,12,17,21H,5-6H2,(H5,22,23,24,30,32,33,34)/t12-,17+/m1/s1. The summed E-state index contributed by atoms with van der Waals surface area (Å²) in [7, 11) is 0. The highest BCUT2D eigenvalue weighted by Gasteiger charge is 2.53. The summed E-state index contributed by atoms with van der Waals surface area (Å²) in [6, 6.07) is 2.30. The number of pyridine rings is 1. The van der Waals surface area contributed by atoms with Gasteiger partial charge in [-0.3, -0.25) is 14.5 Å². The van der Waals surface area contributed by atoms with Gasteiger partial charge >= 0.3 is 6.01 Å². The van der Waals surface area contributed by atoms with Crippen molar-refractivity contribution in [3.63, 3.8) is 0 Å². The summed E-state index contributed by atoms with van der Waals surface area (Å²) >= 11 is 2.33. The van der Waals surface area contributed by atoms with Gasteiger partial charge < -0.3 is 36.3 Å². The Hall–Kier alpha value is -4.51. The fourth-order valence-electron chi connectivity index (χ4n) is 3.89. The van der Waals surface area contributed by atoms with Crippen molar-refractivity contribution in [3.8, 4) is 11.5 Å². The van der Waals surface area contributed by atoms with Gasteiger partial charge in [0.15, 0.2) is 29.8 Å². The van der Waals surface area contributed by atoms with Crippen LogP contribution in [-0.4, -0.2) is 66.0 Å². The molecule has 0 radical (unpaired) electrons. The van der Waals surface area contributed by atoms with Crippen molar-refractivity contribution in [2.24, 2.45) is 5.16 Å². The molecule has 0 saturated carbocycles. The molecule has 3 aromatic heterocycles. The maximum Gasteiger partial charge on any atom is 0.313 e. The molecule has 2 atom stereocenters. The van der Waals surface area contributed by atoms with E-state index in [1.165, 1.54) is 17.1 Å². The van der Waals surface area contributed by atoms with Gasteiger partial charge in [-0.1, -0.05) is 10.3 Å². The number of amides is 2. The van der Waals surface area contributed by atoms with Gasteiger partial charge in [0.2, 0.25) is 5.89 Å². The van der Waals surface area contributed by atoms with E-state index in [2.05, 4.69) is 25.7 Å². The number of rotatable bonds is 7. The average Bonchev–Trinajstić information content (AvgIpc) is 3.51. The van der Waals surface area contributed by atoms with E-state index in [9.17, 15) is 24.7 Å². The number of nitrogens with one attached hydrogen (secondary N) is 1. The molecule has 1 saturated heterocycles. The number of anilines is 2. The molecular formula is C20H17N9O6S2. The van der Waals surface area contributed by atoms with Crippen molar-refractivity contribution in [3.05, 3.63) is 46.9 Å². The molecule has 2 aliphatic heterocycles. The number of carboxylic acid groups (broad SMARTS) is 1. The zero-order valence-corrected chi connectivity index (χ0v) is 20.2. The van der Waals surface area contributed by atoms with E-state index in [1.54, 1.807) is 29.1 Å². The molecule has 190 valence electrons. The summed E-state index contributed by atoms with van der Waals surface area (Å²) in [4.78, 5) is 42.5. The zero-order valence-electron chi connectivity index (χ0n) is 18.6. The summed E-state index contributed by atoms with van der Waals surface area (Å²) in [6.45, 7) is 0.169. The van der Waals surface area contributed by atoms with Gasteiger partial charge in [-0.25, -0.2) is 9.55 Å². The number of hydrogen-bond acceptors (Lipinski definition) is 14. The maximum atomic E-state index is 12.9. The Balaban J connectivity index is 1.31. The SMILES string of the molecule is Nc1nnc(-c2cc[n+](CC3=C(C(=O)[O-])N4C(=O)[C@@H](NC(=O)C(=NO)c5csc(N)n5)[C@@H]4SC3)cc2)o1. The Kier molecular flexibility index (Phi) is 6.22. The second kappa shape index (κ2) is 9.51. The van der Waals surface area contributed by atoms with Crippen LogP contribution < -0.4 is 26.5 Å². The number of β-lactam (4-membered cyclic amide) rings is 1. The number of hydrogen-bond donors (Lipinski definition) is 4. The minimum atomic E-state index is -1.51. The predicted molar refractivity (Wildman–Crippen MR) is 126 cm³/mol. The van der Waals surface area contributed by atoms with Gasteiger partial charge in [-0.15, -0.1) is 28.2 Å². The Morgan fingerprint density at radius 3 is 2.68 bits per heavy atom. The number of carbonyl (C=O) groups is 3. The van der Waals surface area contributed by atoms with Crippen molar-refractivity contribution in [2.45, 2.75) is 18.0 Å². The molecule has 15 nitrogen and oxygen atoms in total. The Morgan fingerprint density at radius 2 is 2.08 bits per heavy atom. The number of thioether (sulfide) groups is 1. The van der Waals surface area contributed by atoms with Crippen molar-refractivity contribution in [1.82, 2.24) is 25.4 Å². The lowest BCUT2D eigenvalue weighted by Crippen LogP contribution is -2.71. The van der Waals surface area contributed by atoms with E-state index in [1.807, 2.05) is 0 Å². The Morgan fingerprint density at radius 1 is 1.32 bits per heavy atom. The minimum Gasteiger partial charge on any atom is -0.543 e. The number of oxime groups is 1. The first-order valence-corrected chi connectivity index (χ1v) is 12.4. The number of aliphatic carboxylic acids is 1. The Bertz CT molecular complexity index is 1460. The molecule has 0 aliphatic carbocycles. The van der Waals surface area contributed by atoms with Crippen LogP contribution in [0.4, 0.5) is 11.1 Å². The second-order valence-corrected chi connectivity index (χ2v) is 9.82. The van der Waals surface area contributed by atoms with Gasteiger partial charge in [0.05, 0.1) is 17.2 Å². The monoisotopic (exact) mass is 543 g/mol. The van der Waals surface area contributed by atoms with Gasteiger partial charge in [0, 0.05) is 28.8 Å². The normalized spacial score (nSPS) is 19.4. The second-order valence-electron chi connectivity index (χ2n) is 7.82. The van der Waals surface area contributed by atoms with Crippen LogP contribution in [0.1, 0.15) is 5.69 Å². The van der Waals surface area contributed by atoms with Crippen LogP contribution in [0.15, 0.2) is 50.7 Å². The highest BCUT2D eigenvalue weighted by molar-refractivity contribution is 8.00. The lowest BCUT2D eigenvalue weighted by molar-refractivity contribution is -0.689. The fourth-order valence-corrected chi connectivity index (χ4v) is 5.77. The van der Waals surface area contributed by atoms with Crippen LogP contribution in [0, 0.1) is 0 Å². The average molecular weight is 544 g/mol. The summed E-state index contributed by atoms with van der Waals surface area (Å²) in [5.41, 5.74) is 11.5. The van der Waals surface area contributed by atoms with Gasteiger partial charge in [-0.05, 0) is 0 Å². The number of aromatic nitrogens is 4. The van der Waals surface area contributed by atoms with Crippen LogP contribution >= 0.6 is 23.1 Å². The molecule has 37 heavy (non-hydrogen) atoms. The lowest BCUT2D eigenvalue weighted by Gasteiger charge is -2.50. The van der Waals surface area contributed by atoms with Crippen LogP contribution in [0.2, 0.25) is 0 Å². The fraction of sp³-hybridized carbons (Fsp3) is 0.200. The van der Waals surface area contributed by atoms with Gasteiger partial charge in [0.25, 0.3) is 11.8 Å². The first-order chi connectivity index (χ1) is 17.8. The molecule has 17 heteroatoms. The topological polar surface area (TPSA) is 230 Å². The third-order valence-corrected chi connectivity index (χ3v) is 7.57. The van der Waals surface area contributed by atoms with Crippen molar-refractivity contribution in [1.29, 1.82) is 0 Å². The van der Waals surface area contributed by atoms with E-state index < -0.39 is 34.9 Å². The van der Waals surface area contributed by atoms with Crippen molar-refractivity contribution >= 4 is 57.7 Å². The third-order valence-electron chi connectivity index (χ3n) is 5.56. The van der Waals surface area contributed by atoms with Crippen LogP contribution in [0.3, 0.4) is 0 Å². The summed E-state index contributed by atoms with van der Waals surface area (Å²) in [5.74, 6) is -2.49. The van der Waals surface area contributed by atoms with Crippen LogP contribution in [0.5, 0.6) is 0 Å². The van der Waals surface area contributed by atoms with E-state index in [-0.39, 0.29) is 40.7 Å². The van der Waals surface area contributed by atoms with E-state index in [0.717, 1.165) is 16.2 Å². The highest BCUT2D eigenvalue weighted by Crippen LogP contribution is 2.40. The molecule has 0 spiro atoms. The van der Waals surface area contributed by atoms with Crippen molar-refractivity contribution in [2.75, 3.05) is 17.2 Å². The molecule has 3 aromatic rings. The number of fused-ring (bicyclic) bond motifs is 1. The molecule has 2 aliphatic rings. The minimum absolute atomic E-state index is 0.0469. The maximum absolute atomic E-state index is 12.9. The van der Waals surface area contributed by atoms with E-state index in [0.29, 0.717) is 11.1 Å². The molecule has 1 fully saturated rings. The molecule has 5 rings (SSSR count). The number of carbonyl (C=O) groups excluding carboxylic acids is 3. The molecule has 2 amide bonds. The quantitative estimate of drug-likeness (QED) is 0.0827. The van der Waals surface area contributed by atoms with Crippen molar-refractivity contribution < 1.29 is 33.7 Å². The number of nitrogens with two attached hydrogens (primary N) is 2. The van der Waals surface area contributed by atoms with Crippen LogP contribution in [0.25, 0.3) is 11.5 Å². The van der Waals surface area contributed by atoms with Crippen LogP contribution in [-0.2, 0) is 20.9 Å². The number of nitrogens with zero attached hydrogens (tertiary/aromatic N) is 6. The number of thiazole rings is 1. The van der Waals surface area contributed by atoms with E-state index in [4.69, 9.17) is 15.9 Å².